The second-order valence-corrected chi connectivity index (χ2v) is 9.44. The molecule has 1 heterocycles. The first-order valence-corrected chi connectivity index (χ1v) is 11.9. The van der Waals surface area contributed by atoms with Crippen molar-refractivity contribution in [3.63, 3.8) is 0 Å². The molecule has 3 aromatic rings. The van der Waals surface area contributed by atoms with Crippen LogP contribution in [0.5, 0.6) is 0 Å². The van der Waals surface area contributed by atoms with Crippen molar-refractivity contribution >= 4 is 26.7 Å². The van der Waals surface area contributed by atoms with Gasteiger partial charge in [-0.25, -0.2) is 12.8 Å². The monoisotopic (exact) mass is 430 g/mol. The molecule has 0 unspecified atom stereocenters. The Morgan fingerprint density at radius 3 is 2.67 bits per heavy atom. The van der Waals surface area contributed by atoms with E-state index < -0.39 is 15.7 Å². The van der Waals surface area contributed by atoms with Crippen LogP contribution in [-0.4, -0.2) is 39.2 Å². The van der Waals surface area contributed by atoms with E-state index in [9.17, 15) is 12.8 Å². The van der Waals surface area contributed by atoms with Gasteiger partial charge in [-0.3, -0.25) is 4.99 Å². The molecule has 8 heteroatoms. The number of H-pyrrole nitrogens is 1. The third-order valence-electron chi connectivity index (χ3n) is 4.85. The zero-order valence-electron chi connectivity index (χ0n) is 17.2. The van der Waals surface area contributed by atoms with Gasteiger partial charge < -0.3 is 15.6 Å². The van der Waals surface area contributed by atoms with Crippen LogP contribution in [-0.2, 0) is 28.6 Å². The lowest BCUT2D eigenvalue weighted by atomic mass is 10.1. The van der Waals surface area contributed by atoms with Crippen molar-refractivity contribution < 1.29 is 12.8 Å². The molecular weight excluding hydrogens is 403 g/mol. The summed E-state index contributed by atoms with van der Waals surface area (Å²) < 4.78 is 36.9. The van der Waals surface area contributed by atoms with Gasteiger partial charge in [0.15, 0.2) is 15.8 Å². The lowest BCUT2D eigenvalue weighted by Gasteiger charge is -2.14. The van der Waals surface area contributed by atoms with Gasteiger partial charge in [-0.2, -0.15) is 0 Å². The fourth-order valence-electron chi connectivity index (χ4n) is 3.41. The first-order valence-electron chi connectivity index (χ1n) is 9.80. The summed E-state index contributed by atoms with van der Waals surface area (Å²) in [4.78, 5) is 7.47. The minimum atomic E-state index is -3.21. The van der Waals surface area contributed by atoms with Crippen LogP contribution in [0.1, 0.15) is 23.1 Å². The van der Waals surface area contributed by atoms with E-state index in [4.69, 9.17) is 0 Å². The predicted octanol–water partition coefficient (Wildman–Crippen LogP) is 3.15. The number of guanidine groups is 1. The summed E-state index contributed by atoms with van der Waals surface area (Å²) in [6.07, 6.45) is 5.06. The van der Waals surface area contributed by atoms with Crippen LogP contribution in [0.25, 0.3) is 10.9 Å². The molecule has 0 radical (unpaired) electrons. The Kier molecular flexibility index (Phi) is 7.10. The number of nitrogens with zero attached hydrogens (tertiary/aromatic N) is 1. The molecule has 0 aliphatic rings. The molecular formula is C22H27FN4O2S. The highest BCUT2D eigenvalue weighted by Gasteiger charge is 2.11. The van der Waals surface area contributed by atoms with Crippen molar-refractivity contribution in [1.82, 2.24) is 15.6 Å². The van der Waals surface area contributed by atoms with E-state index in [1.165, 1.54) is 35.4 Å². The number of aromatic nitrogens is 1. The number of para-hydroxylation sites is 1. The summed E-state index contributed by atoms with van der Waals surface area (Å²) in [5, 5.41) is 7.62. The third-order valence-corrected chi connectivity index (χ3v) is 5.68. The van der Waals surface area contributed by atoms with Crippen molar-refractivity contribution in [3.05, 3.63) is 71.2 Å². The molecule has 30 heavy (non-hydrogen) atoms. The van der Waals surface area contributed by atoms with E-state index in [1.54, 1.807) is 7.05 Å². The molecule has 0 atom stereocenters. The molecule has 3 N–H and O–H groups in total. The molecule has 3 rings (SSSR count). The van der Waals surface area contributed by atoms with Gasteiger partial charge in [0.25, 0.3) is 0 Å². The predicted molar refractivity (Wildman–Crippen MR) is 120 cm³/mol. The van der Waals surface area contributed by atoms with E-state index in [-0.39, 0.29) is 12.3 Å². The first-order chi connectivity index (χ1) is 14.4. The number of rotatable bonds is 8. The van der Waals surface area contributed by atoms with Crippen LogP contribution in [0.4, 0.5) is 4.39 Å². The maximum absolute atomic E-state index is 13.7. The Morgan fingerprint density at radius 1 is 1.10 bits per heavy atom. The van der Waals surface area contributed by atoms with Gasteiger partial charge in [-0.05, 0) is 47.7 Å². The quantitative estimate of drug-likeness (QED) is 0.291. The standard InChI is InChI=1S/C22H27FN4O2S/c1-24-22(25-11-5-6-16-13-26-21-8-4-3-7-20(16)21)27-14-18-12-19(23)10-9-17(18)15-30(2,28)29/h3-4,7-10,12-13,26H,5-6,11,14-15H2,1-2H3,(H2,24,25,27). The number of aryl methyl sites for hydroxylation is 1. The summed E-state index contributed by atoms with van der Waals surface area (Å²) in [6, 6.07) is 12.4. The van der Waals surface area contributed by atoms with Gasteiger partial charge in [0.2, 0.25) is 0 Å². The molecule has 0 fully saturated rings. The summed E-state index contributed by atoms with van der Waals surface area (Å²) in [5.74, 6) is 0.0650. The largest absolute Gasteiger partial charge is 0.361 e. The highest BCUT2D eigenvalue weighted by Crippen LogP contribution is 2.18. The second-order valence-electron chi connectivity index (χ2n) is 7.30. The average molecular weight is 431 g/mol. The molecule has 2 aromatic carbocycles. The Hall–Kier alpha value is -2.87. The number of fused-ring (bicyclic) bond motifs is 1. The molecule has 1 aromatic heterocycles. The summed E-state index contributed by atoms with van der Waals surface area (Å²) in [7, 11) is -1.55. The van der Waals surface area contributed by atoms with Crippen LogP contribution in [0.15, 0.2) is 53.7 Å². The summed E-state index contributed by atoms with van der Waals surface area (Å²) in [5.41, 5.74) is 3.60. The maximum Gasteiger partial charge on any atom is 0.191 e. The van der Waals surface area contributed by atoms with Gasteiger partial charge in [-0.1, -0.05) is 24.3 Å². The Bertz CT molecular complexity index is 1140. The smallest absolute Gasteiger partial charge is 0.191 e. The number of aliphatic imine (C=N–C) groups is 1. The minimum absolute atomic E-state index is 0.124. The normalized spacial score (nSPS) is 12.3. The molecule has 160 valence electrons. The zero-order chi connectivity index (χ0) is 21.6. The number of sulfone groups is 1. The molecule has 0 aliphatic heterocycles. The van der Waals surface area contributed by atoms with Gasteiger partial charge in [0.05, 0.1) is 5.75 Å². The maximum atomic E-state index is 13.7. The van der Waals surface area contributed by atoms with Crippen molar-refractivity contribution in [2.45, 2.75) is 25.1 Å². The highest BCUT2D eigenvalue weighted by molar-refractivity contribution is 7.89. The van der Waals surface area contributed by atoms with Crippen molar-refractivity contribution in [1.29, 1.82) is 0 Å². The molecule has 6 nitrogen and oxygen atoms in total. The Labute approximate surface area is 176 Å². The topological polar surface area (TPSA) is 86.3 Å². The van der Waals surface area contributed by atoms with Gasteiger partial charge in [0.1, 0.15) is 5.82 Å². The number of hydrogen-bond acceptors (Lipinski definition) is 3. The van der Waals surface area contributed by atoms with Crippen molar-refractivity contribution in [2.75, 3.05) is 19.8 Å². The van der Waals surface area contributed by atoms with Gasteiger partial charge >= 0.3 is 0 Å². The molecule has 0 aliphatic carbocycles. The first kappa shape index (κ1) is 21.8. The SMILES string of the molecule is CN=C(NCCCc1c[nH]c2ccccc12)NCc1cc(F)ccc1CS(C)(=O)=O. The Balaban J connectivity index is 1.52. The molecule has 0 amide bonds. The lowest BCUT2D eigenvalue weighted by molar-refractivity contribution is 0.599. The lowest BCUT2D eigenvalue weighted by Crippen LogP contribution is -2.37. The Morgan fingerprint density at radius 2 is 1.90 bits per heavy atom. The molecule has 0 saturated heterocycles. The van der Waals surface area contributed by atoms with E-state index in [1.807, 2.05) is 18.3 Å². The third kappa shape index (κ3) is 6.06. The average Bonchev–Trinajstić information content (AvgIpc) is 3.11. The number of halogens is 1. The second kappa shape index (κ2) is 9.75. The minimum Gasteiger partial charge on any atom is -0.361 e. The number of hydrogen-bond donors (Lipinski definition) is 3. The fourth-order valence-corrected chi connectivity index (χ4v) is 4.25. The highest BCUT2D eigenvalue weighted by atomic mass is 32.2. The van der Waals surface area contributed by atoms with Crippen LogP contribution in [0, 0.1) is 5.82 Å². The summed E-state index contributed by atoms with van der Waals surface area (Å²) >= 11 is 0. The van der Waals surface area contributed by atoms with E-state index in [0.29, 0.717) is 17.1 Å². The van der Waals surface area contributed by atoms with E-state index in [0.717, 1.165) is 24.9 Å². The molecule has 0 saturated carbocycles. The van der Waals surface area contributed by atoms with E-state index in [2.05, 4.69) is 32.7 Å². The van der Waals surface area contributed by atoms with Crippen LogP contribution >= 0.6 is 0 Å². The van der Waals surface area contributed by atoms with Gasteiger partial charge in [0, 0.05) is 43.5 Å². The van der Waals surface area contributed by atoms with E-state index >= 15 is 0 Å². The number of benzene rings is 2. The molecule has 0 spiro atoms. The van der Waals surface area contributed by atoms with Gasteiger partial charge in [-0.15, -0.1) is 0 Å². The molecule has 0 bridgehead atoms. The zero-order valence-corrected chi connectivity index (χ0v) is 18.0. The van der Waals surface area contributed by atoms with Crippen LogP contribution in [0.2, 0.25) is 0 Å². The van der Waals surface area contributed by atoms with Crippen molar-refractivity contribution in [3.8, 4) is 0 Å². The number of nitrogens with one attached hydrogen (secondary N) is 3. The van der Waals surface area contributed by atoms with Crippen LogP contribution in [0.3, 0.4) is 0 Å². The van der Waals surface area contributed by atoms with Crippen molar-refractivity contribution in [2.24, 2.45) is 4.99 Å². The van der Waals surface area contributed by atoms with Crippen LogP contribution < -0.4 is 10.6 Å². The fraction of sp³-hybridized carbons (Fsp3) is 0.318. The summed E-state index contributed by atoms with van der Waals surface area (Å²) in [6.45, 7) is 1.00. The number of aromatic amines is 1.